The van der Waals surface area contributed by atoms with Gasteiger partial charge >= 0.3 is 0 Å². The predicted molar refractivity (Wildman–Crippen MR) is 53.6 cm³/mol. The Morgan fingerprint density at radius 2 is 2.27 bits per heavy atom. The van der Waals surface area contributed by atoms with Crippen LogP contribution in [0.1, 0.15) is 32.6 Å². The van der Waals surface area contributed by atoms with E-state index in [2.05, 4.69) is 0 Å². The maximum atomic E-state index is 12.9. The second-order valence-electron chi connectivity index (χ2n) is 4.28. The zero-order valence-electron chi connectivity index (χ0n) is 9.01. The normalized spacial score (nSPS) is 22.9. The van der Waals surface area contributed by atoms with Gasteiger partial charge in [0.15, 0.2) is 0 Å². The first-order chi connectivity index (χ1) is 6.91. The highest BCUT2D eigenvalue weighted by Crippen LogP contribution is 2.28. The molecule has 88 valence electrons. The minimum atomic E-state index is -2.53. The van der Waals surface area contributed by atoms with Crippen LogP contribution in [0.2, 0.25) is 0 Å². The molecule has 0 spiro atoms. The Morgan fingerprint density at radius 3 is 2.73 bits per heavy atom. The van der Waals surface area contributed by atoms with Crippen LogP contribution in [0.25, 0.3) is 0 Å². The zero-order chi connectivity index (χ0) is 11.5. The summed E-state index contributed by atoms with van der Waals surface area (Å²) in [5.74, 6) is -2.85. The average molecular weight is 220 g/mol. The van der Waals surface area contributed by atoms with Crippen molar-refractivity contribution in [2.24, 2.45) is 5.73 Å². The van der Waals surface area contributed by atoms with Gasteiger partial charge in [-0.05, 0) is 19.8 Å². The van der Waals surface area contributed by atoms with Crippen LogP contribution in [0.5, 0.6) is 0 Å². The monoisotopic (exact) mass is 220 g/mol. The summed E-state index contributed by atoms with van der Waals surface area (Å²) >= 11 is 0. The van der Waals surface area contributed by atoms with Gasteiger partial charge in [0.1, 0.15) is 0 Å². The summed E-state index contributed by atoms with van der Waals surface area (Å²) in [6.45, 7) is 2.22. The quantitative estimate of drug-likeness (QED) is 0.760. The maximum Gasteiger partial charge on any atom is 0.261 e. The van der Waals surface area contributed by atoms with E-state index in [9.17, 15) is 13.6 Å². The molecule has 0 saturated carbocycles. The molecular formula is C10H18F2N2O. The number of carbonyl (C=O) groups excluding carboxylic acids is 1. The minimum Gasteiger partial charge on any atom is -0.370 e. The third-order valence-electron chi connectivity index (χ3n) is 2.87. The van der Waals surface area contributed by atoms with E-state index in [1.54, 1.807) is 4.90 Å². The van der Waals surface area contributed by atoms with E-state index in [0.717, 1.165) is 6.42 Å². The lowest BCUT2D eigenvalue weighted by Gasteiger charge is -2.23. The SMILES string of the molecule is CC(CCCC(N)=O)N1CCC(F)(F)C1. The Bertz CT molecular complexity index is 233. The molecule has 1 heterocycles. The van der Waals surface area contributed by atoms with Gasteiger partial charge in [-0.25, -0.2) is 8.78 Å². The summed E-state index contributed by atoms with van der Waals surface area (Å²) < 4.78 is 25.8. The first-order valence-corrected chi connectivity index (χ1v) is 5.31. The molecule has 1 aliphatic rings. The fraction of sp³-hybridized carbons (Fsp3) is 0.900. The molecule has 1 aliphatic heterocycles. The highest BCUT2D eigenvalue weighted by molar-refractivity contribution is 5.73. The third kappa shape index (κ3) is 4.11. The van der Waals surface area contributed by atoms with Crippen molar-refractivity contribution < 1.29 is 13.6 Å². The summed E-state index contributed by atoms with van der Waals surface area (Å²) in [6, 6.07) is 0.109. The van der Waals surface area contributed by atoms with Crippen molar-refractivity contribution in [3.8, 4) is 0 Å². The predicted octanol–water partition coefficient (Wildman–Crippen LogP) is 1.37. The Labute approximate surface area is 88.6 Å². The molecule has 0 aliphatic carbocycles. The summed E-state index contributed by atoms with van der Waals surface area (Å²) in [6.07, 6.45) is 1.72. The van der Waals surface area contributed by atoms with Gasteiger partial charge in [-0.1, -0.05) is 0 Å². The van der Waals surface area contributed by atoms with Gasteiger partial charge in [0.05, 0.1) is 6.54 Å². The molecule has 2 N–H and O–H groups in total. The zero-order valence-corrected chi connectivity index (χ0v) is 9.01. The molecule has 15 heavy (non-hydrogen) atoms. The molecule has 1 unspecified atom stereocenters. The van der Waals surface area contributed by atoms with Crippen molar-refractivity contribution in [2.75, 3.05) is 13.1 Å². The lowest BCUT2D eigenvalue weighted by atomic mass is 10.1. The highest BCUT2D eigenvalue weighted by Gasteiger charge is 2.39. The third-order valence-corrected chi connectivity index (χ3v) is 2.87. The maximum absolute atomic E-state index is 12.9. The van der Waals surface area contributed by atoms with Gasteiger partial charge in [0.2, 0.25) is 5.91 Å². The van der Waals surface area contributed by atoms with Crippen LogP contribution in [0.4, 0.5) is 8.78 Å². The van der Waals surface area contributed by atoms with Gasteiger partial charge in [-0.2, -0.15) is 0 Å². The number of carbonyl (C=O) groups is 1. The number of rotatable bonds is 5. The van der Waals surface area contributed by atoms with Crippen LogP contribution >= 0.6 is 0 Å². The van der Waals surface area contributed by atoms with Crippen molar-refractivity contribution in [2.45, 2.75) is 44.6 Å². The van der Waals surface area contributed by atoms with Crippen molar-refractivity contribution in [1.82, 2.24) is 4.90 Å². The van der Waals surface area contributed by atoms with E-state index in [-0.39, 0.29) is 24.9 Å². The van der Waals surface area contributed by atoms with E-state index >= 15 is 0 Å². The van der Waals surface area contributed by atoms with E-state index in [4.69, 9.17) is 5.73 Å². The number of likely N-dealkylation sites (tertiary alicyclic amines) is 1. The largest absolute Gasteiger partial charge is 0.370 e. The van der Waals surface area contributed by atoms with E-state index in [1.165, 1.54) is 0 Å². The van der Waals surface area contributed by atoms with Crippen molar-refractivity contribution in [1.29, 1.82) is 0 Å². The topological polar surface area (TPSA) is 46.3 Å². The van der Waals surface area contributed by atoms with Gasteiger partial charge in [-0.3, -0.25) is 9.69 Å². The molecule has 0 aromatic rings. The summed E-state index contributed by atoms with van der Waals surface area (Å²) in [4.78, 5) is 12.3. The Kier molecular flexibility index (Phi) is 4.02. The average Bonchev–Trinajstić information content (AvgIpc) is 2.45. The van der Waals surface area contributed by atoms with Crippen LogP contribution < -0.4 is 5.73 Å². The molecule has 0 aromatic carbocycles. The van der Waals surface area contributed by atoms with E-state index in [0.29, 0.717) is 19.4 Å². The summed E-state index contributed by atoms with van der Waals surface area (Å²) in [5, 5.41) is 0. The number of nitrogens with two attached hydrogens (primary N) is 1. The number of alkyl halides is 2. The number of nitrogens with zero attached hydrogens (tertiary/aromatic N) is 1. The highest BCUT2D eigenvalue weighted by atomic mass is 19.3. The minimum absolute atomic E-state index is 0.0485. The van der Waals surface area contributed by atoms with Gasteiger partial charge in [0.25, 0.3) is 5.92 Å². The molecule has 1 atom stereocenters. The van der Waals surface area contributed by atoms with Crippen LogP contribution in [-0.2, 0) is 4.79 Å². The Balaban J connectivity index is 2.23. The van der Waals surface area contributed by atoms with E-state index in [1.807, 2.05) is 6.92 Å². The van der Waals surface area contributed by atoms with Gasteiger partial charge in [-0.15, -0.1) is 0 Å². The molecule has 1 saturated heterocycles. The second kappa shape index (κ2) is 4.88. The second-order valence-corrected chi connectivity index (χ2v) is 4.28. The smallest absolute Gasteiger partial charge is 0.261 e. The number of halogens is 2. The van der Waals surface area contributed by atoms with Gasteiger partial charge < -0.3 is 5.73 Å². The molecule has 1 amide bonds. The summed E-state index contributed by atoms with van der Waals surface area (Å²) in [7, 11) is 0. The molecule has 1 fully saturated rings. The van der Waals surface area contributed by atoms with Crippen LogP contribution in [0.15, 0.2) is 0 Å². The van der Waals surface area contributed by atoms with Crippen molar-refractivity contribution in [3.05, 3.63) is 0 Å². The molecule has 3 nitrogen and oxygen atoms in total. The van der Waals surface area contributed by atoms with E-state index < -0.39 is 5.92 Å². The summed E-state index contributed by atoms with van der Waals surface area (Å²) in [5.41, 5.74) is 5.00. The van der Waals surface area contributed by atoms with Crippen molar-refractivity contribution >= 4 is 5.91 Å². The molecule has 0 bridgehead atoms. The lowest BCUT2D eigenvalue weighted by Crippen LogP contribution is -2.33. The molecule has 5 heteroatoms. The van der Waals surface area contributed by atoms with Crippen LogP contribution in [0, 0.1) is 0 Å². The van der Waals surface area contributed by atoms with Crippen LogP contribution in [-0.4, -0.2) is 35.9 Å². The Hall–Kier alpha value is -0.710. The fourth-order valence-corrected chi connectivity index (χ4v) is 1.89. The molecule has 0 aromatic heterocycles. The number of hydrogen-bond acceptors (Lipinski definition) is 2. The fourth-order valence-electron chi connectivity index (χ4n) is 1.89. The van der Waals surface area contributed by atoms with Gasteiger partial charge in [0, 0.05) is 25.4 Å². The standard InChI is InChI=1S/C10H18F2N2O/c1-8(3-2-4-9(13)15)14-6-5-10(11,12)7-14/h8H,2-7H2,1H3,(H2,13,15). The lowest BCUT2D eigenvalue weighted by molar-refractivity contribution is -0.118. The Morgan fingerprint density at radius 1 is 1.60 bits per heavy atom. The first kappa shape index (κ1) is 12.4. The first-order valence-electron chi connectivity index (χ1n) is 5.31. The molecule has 0 radical (unpaired) electrons. The number of amides is 1. The van der Waals surface area contributed by atoms with Crippen LogP contribution in [0.3, 0.4) is 0 Å². The molecule has 1 rings (SSSR count). The van der Waals surface area contributed by atoms with Crippen molar-refractivity contribution in [3.63, 3.8) is 0 Å². The number of primary amides is 1. The number of hydrogen-bond donors (Lipinski definition) is 1. The molecular weight excluding hydrogens is 202 g/mol.